The Labute approximate surface area is 84.5 Å². The SMILES string of the molecule is C1=COC=CO1.Cc1ccccc1C. The predicted octanol–water partition coefficient (Wildman–Crippen LogP) is 3.28. The Hall–Kier alpha value is -1.70. The Morgan fingerprint density at radius 3 is 1.29 bits per heavy atom. The second kappa shape index (κ2) is 5.86. The van der Waals surface area contributed by atoms with Crippen LogP contribution in [0.5, 0.6) is 0 Å². The summed E-state index contributed by atoms with van der Waals surface area (Å²) in [6.07, 6.45) is 5.83. The van der Waals surface area contributed by atoms with Crippen LogP contribution in [0, 0.1) is 13.8 Å². The van der Waals surface area contributed by atoms with Gasteiger partial charge in [0.05, 0.1) is 0 Å². The molecular weight excluding hydrogens is 176 g/mol. The van der Waals surface area contributed by atoms with Gasteiger partial charge in [0.1, 0.15) is 25.0 Å². The average molecular weight is 190 g/mol. The summed E-state index contributed by atoms with van der Waals surface area (Å²) >= 11 is 0. The number of benzene rings is 1. The lowest BCUT2D eigenvalue weighted by molar-refractivity contribution is 0.290. The first kappa shape index (κ1) is 10.4. The Balaban J connectivity index is 0.000000146. The molecule has 0 amide bonds. The van der Waals surface area contributed by atoms with Gasteiger partial charge in [-0.1, -0.05) is 24.3 Å². The molecule has 0 saturated heterocycles. The average Bonchev–Trinajstić information content (AvgIpc) is 2.26. The largest absolute Gasteiger partial charge is 0.466 e. The summed E-state index contributed by atoms with van der Waals surface area (Å²) in [5.74, 6) is 0. The van der Waals surface area contributed by atoms with Gasteiger partial charge in [-0.3, -0.25) is 0 Å². The van der Waals surface area contributed by atoms with Crippen molar-refractivity contribution < 1.29 is 9.47 Å². The fraction of sp³-hybridized carbons (Fsp3) is 0.167. The number of ether oxygens (including phenoxy) is 2. The van der Waals surface area contributed by atoms with Crippen LogP contribution in [-0.2, 0) is 9.47 Å². The third-order valence-electron chi connectivity index (χ3n) is 1.85. The molecule has 2 heteroatoms. The first-order valence-corrected chi connectivity index (χ1v) is 4.44. The summed E-state index contributed by atoms with van der Waals surface area (Å²) in [4.78, 5) is 0. The van der Waals surface area contributed by atoms with E-state index in [1.807, 2.05) is 0 Å². The Kier molecular flexibility index (Phi) is 4.35. The van der Waals surface area contributed by atoms with Crippen molar-refractivity contribution in [1.29, 1.82) is 0 Å². The van der Waals surface area contributed by atoms with Gasteiger partial charge in [-0.15, -0.1) is 0 Å². The molecule has 0 saturated carbocycles. The van der Waals surface area contributed by atoms with Crippen LogP contribution in [0.3, 0.4) is 0 Å². The lowest BCUT2D eigenvalue weighted by atomic mass is 10.1. The summed E-state index contributed by atoms with van der Waals surface area (Å²) in [5.41, 5.74) is 2.74. The quantitative estimate of drug-likeness (QED) is 0.625. The van der Waals surface area contributed by atoms with E-state index in [0.29, 0.717) is 0 Å². The molecular formula is C12H14O2. The number of hydrogen-bond donors (Lipinski definition) is 0. The third kappa shape index (κ3) is 3.81. The highest BCUT2D eigenvalue weighted by Gasteiger charge is 1.83. The second-order valence-electron chi connectivity index (χ2n) is 2.90. The minimum absolute atomic E-state index is 1.37. The molecule has 0 radical (unpaired) electrons. The van der Waals surface area contributed by atoms with Crippen LogP contribution in [0.4, 0.5) is 0 Å². The van der Waals surface area contributed by atoms with Crippen LogP contribution < -0.4 is 0 Å². The van der Waals surface area contributed by atoms with E-state index in [1.54, 1.807) is 0 Å². The smallest absolute Gasteiger partial charge is 0.125 e. The third-order valence-corrected chi connectivity index (χ3v) is 1.85. The molecule has 0 spiro atoms. The number of hydrogen-bond acceptors (Lipinski definition) is 2. The minimum atomic E-state index is 1.37. The number of rotatable bonds is 0. The van der Waals surface area contributed by atoms with Crippen molar-refractivity contribution in [2.75, 3.05) is 0 Å². The van der Waals surface area contributed by atoms with Crippen molar-refractivity contribution in [2.45, 2.75) is 13.8 Å². The Morgan fingerprint density at radius 2 is 1.07 bits per heavy atom. The van der Waals surface area contributed by atoms with Crippen LogP contribution in [0.25, 0.3) is 0 Å². The molecule has 1 heterocycles. The first-order valence-electron chi connectivity index (χ1n) is 4.44. The molecule has 1 aliphatic rings. The maximum Gasteiger partial charge on any atom is 0.125 e. The van der Waals surface area contributed by atoms with E-state index in [1.165, 1.54) is 36.2 Å². The maximum atomic E-state index is 4.58. The molecule has 0 aromatic heterocycles. The van der Waals surface area contributed by atoms with Gasteiger partial charge in [-0.25, -0.2) is 0 Å². The van der Waals surface area contributed by atoms with Crippen molar-refractivity contribution in [3.63, 3.8) is 0 Å². The summed E-state index contributed by atoms with van der Waals surface area (Å²) in [7, 11) is 0. The van der Waals surface area contributed by atoms with E-state index in [9.17, 15) is 0 Å². The van der Waals surface area contributed by atoms with Crippen LogP contribution in [-0.4, -0.2) is 0 Å². The molecule has 0 aliphatic carbocycles. The normalized spacial score (nSPS) is 12.1. The van der Waals surface area contributed by atoms with Gasteiger partial charge in [-0.05, 0) is 25.0 Å². The van der Waals surface area contributed by atoms with Gasteiger partial charge in [0.25, 0.3) is 0 Å². The fourth-order valence-electron chi connectivity index (χ4n) is 0.882. The molecule has 1 aromatic rings. The van der Waals surface area contributed by atoms with E-state index in [4.69, 9.17) is 0 Å². The van der Waals surface area contributed by atoms with E-state index in [2.05, 4.69) is 47.6 Å². The zero-order valence-electron chi connectivity index (χ0n) is 8.44. The van der Waals surface area contributed by atoms with Gasteiger partial charge < -0.3 is 9.47 Å². The molecule has 0 N–H and O–H groups in total. The lowest BCUT2D eigenvalue weighted by Gasteiger charge is -1.94. The van der Waals surface area contributed by atoms with Crippen molar-refractivity contribution in [3.8, 4) is 0 Å². The minimum Gasteiger partial charge on any atom is -0.466 e. The highest BCUT2D eigenvalue weighted by molar-refractivity contribution is 5.23. The zero-order chi connectivity index (χ0) is 10.2. The van der Waals surface area contributed by atoms with Crippen LogP contribution in [0.15, 0.2) is 49.3 Å². The summed E-state index contributed by atoms with van der Waals surface area (Å²) < 4.78 is 9.17. The van der Waals surface area contributed by atoms with Crippen LogP contribution in [0.1, 0.15) is 11.1 Å². The van der Waals surface area contributed by atoms with Gasteiger partial charge in [0.15, 0.2) is 0 Å². The summed E-state index contributed by atoms with van der Waals surface area (Å²) in [6.45, 7) is 4.24. The predicted molar refractivity (Wildman–Crippen MR) is 56.4 cm³/mol. The molecule has 14 heavy (non-hydrogen) atoms. The van der Waals surface area contributed by atoms with Gasteiger partial charge in [0.2, 0.25) is 0 Å². The summed E-state index contributed by atoms with van der Waals surface area (Å²) in [5, 5.41) is 0. The Morgan fingerprint density at radius 1 is 0.714 bits per heavy atom. The second-order valence-corrected chi connectivity index (χ2v) is 2.90. The molecule has 0 unspecified atom stereocenters. The van der Waals surface area contributed by atoms with Gasteiger partial charge >= 0.3 is 0 Å². The fourth-order valence-corrected chi connectivity index (χ4v) is 0.882. The van der Waals surface area contributed by atoms with Crippen molar-refractivity contribution >= 4 is 0 Å². The van der Waals surface area contributed by atoms with E-state index in [0.717, 1.165) is 0 Å². The van der Waals surface area contributed by atoms with E-state index < -0.39 is 0 Å². The molecule has 2 rings (SSSR count). The van der Waals surface area contributed by atoms with Gasteiger partial charge in [0, 0.05) is 0 Å². The molecule has 0 fully saturated rings. The maximum absolute atomic E-state index is 4.58. The zero-order valence-corrected chi connectivity index (χ0v) is 8.44. The molecule has 0 atom stereocenters. The Bertz CT molecular complexity index is 286. The highest BCUT2D eigenvalue weighted by atomic mass is 16.5. The number of aryl methyl sites for hydroxylation is 2. The molecule has 1 aliphatic heterocycles. The topological polar surface area (TPSA) is 18.5 Å². The molecule has 1 aromatic carbocycles. The first-order chi connectivity index (χ1) is 6.80. The lowest BCUT2D eigenvalue weighted by Crippen LogP contribution is -1.74. The highest BCUT2D eigenvalue weighted by Crippen LogP contribution is 2.02. The van der Waals surface area contributed by atoms with Crippen LogP contribution >= 0.6 is 0 Å². The van der Waals surface area contributed by atoms with Gasteiger partial charge in [-0.2, -0.15) is 0 Å². The van der Waals surface area contributed by atoms with E-state index >= 15 is 0 Å². The van der Waals surface area contributed by atoms with E-state index in [-0.39, 0.29) is 0 Å². The van der Waals surface area contributed by atoms with Crippen molar-refractivity contribution in [3.05, 3.63) is 60.4 Å². The monoisotopic (exact) mass is 190 g/mol. The van der Waals surface area contributed by atoms with Crippen LogP contribution in [0.2, 0.25) is 0 Å². The van der Waals surface area contributed by atoms with Crippen molar-refractivity contribution in [1.82, 2.24) is 0 Å². The molecule has 74 valence electrons. The molecule has 2 nitrogen and oxygen atoms in total. The molecule has 0 bridgehead atoms. The van der Waals surface area contributed by atoms with Crippen molar-refractivity contribution in [2.24, 2.45) is 0 Å². The summed E-state index contributed by atoms with van der Waals surface area (Å²) in [6, 6.07) is 8.36. The standard InChI is InChI=1S/C8H10.C4H4O2/c1-7-5-3-4-6-8(7)2;1-2-6-4-3-5-1/h3-6H,1-2H3;1-4H.